The van der Waals surface area contributed by atoms with Crippen LogP contribution >= 0.6 is 22.6 Å². The van der Waals surface area contributed by atoms with Gasteiger partial charge < -0.3 is 5.32 Å². The first-order chi connectivity index (χ1) is 14.7. The Labute approximate surface area is 192 Å². The van der Waals surface area contributed by atoms with Crippen LogP contribution in [-0.4, -0.2) is 33.7 Å². The molecule has 1 heterocycles. The zero-order chi connectivity index (χ0) is 20.9. The third-order valence-corrected chi connectivity index (χ3v) is 7.27. The molecule has 30 heavy (non-hydrogen) atoms. The Kier molecular flexibility index (Phi) is 7.28. The van der Waals surface area contributed by atoms with Crippen LogP contribution in [0.1, 0.15) is 84.9 Å². The number of hydrogen-bond donors (Lipinski definition) is 1. The van der Waals surface area contributed by atoms with Gasteiger partial charge >= 0.3 is 0 Å². The number of nitrogens with one attached hydrogen (secondary N) is 1. The maximum Gasteiger partial charge on any atom is 0.261 e. The largest absolute Gasteiger partial charge is 0.385 e. The average molecular weight is 518 g/mol. The van der Waals surface area contributed by atoms with Gasteiger partial charge in [0.2, 0.25) is 0 Å². The summed E-state index contributed by atoms with van der Waals surface area (Å²) in [6, 6.07) is 9.84. The van der Waals surface area contributed by atoms with Crippen molar-refractivity contribution in [2.24, 2.45) is 0 Å². The van der Waals surface area contributed by atoms with E-state index in [4.69, 9.17) is 0 Å². The number of anilines is 1. The van der Waals surface area contributed by atoms with E-state index in [2.05, 4.69) is 27.9 Å². The van der Waals surface area contributed by atoms with Gasteiger partial charge in [0.15, 0.2) is 0 Å². The molecule has 0 atom stereocenters. The first-order valence-corrected chi connectivity index (χ1v) is 13.0. The highest BCUT2D eigenvalue weighted by Crippen LogP contribution is 2.36. The molecule has 0 unspecified atom stereocenters. The Morgan fingerprint density at radius 3 is 2.30 bits per heavy atom. The van der Waals surface area contributed by atoms with E-state index in [1.165, 1.54) is 36.5 Å². The fraction of sp³-hybridized carbons (Fsp3) is 0.520. The number of halogens is 1. The molecule has 2 amide bonds. The van der Waals surface area contributed by atoms with E-state index < -0.39 is 0 Å². The number of nitrogens with zero attached hydrogens (tertiary/aromatic N) is 1. The monoisotopic (exact) mass is 518 g/mol. The van der Waals surface area contributed by atoms with Gasteiger partial charge in [0.1, 0.15) is 0 Å². The third-order valence-electron chi connectivity index (χ3n) is 6.50. The highest BCUT2D eigenvalue weighted by atomic mass is 127. The molecule has 0 spiro atoms. The number of alkyl halides is 1. The summed E-state index contributed by atoms with van der Waals surface area (Å²) in [6.07, 6.45) is 11.3. The van der Waals surface area contributed by atoms with Gasteiger partial charge in [-0.15, -0.1) is 0 Å². The summed E-state index contributed by atoms with van der Waals surface area (Å²) in [7, 11) is 0. The van der Waals surface area contributed by atoms with Crippen LogP contribution in [0.2, 0.25) is 0 Å². The zero-order valence-corrected chi connectivity index (χ0v) is 19.7. The summed E-state index contributed by atoms with van der Waals surface area (Å²) in [5, 5.41) is 5.34. The molecule has 1 aliphatic carbocycles. The molecule has 1 saturated carbocycles. The molecule has 160 valence electrons. The Hall–Kier alpha value is -1.63. The van der Waals surface area contributed by atoms with E-state index in [0.717, 1.165) is 55.1 Å². The van der Waals surface area contributed by atoms with Gasteiger partial charge in [0.25, 0.3) is 11.8 Å². The van der Waals surface area contributed by atoms with Gasteiger partial charge in [0, 0.05) is 40.2 Å². The number of hydrogen-bond acceptors (Lipinski definition) is 3. The van der Waals surface area contributed by atoms with Crippen LogP contribution in [0.5, 0.6) is 0 Å². The minimum absolute atomic E-state index is 0.0319. The molecule has 4 nitrogen and oxygen atoms in total. The maximum atomic E-state index is 13.4. The zero-order valence-electron chi connectivity index (χ0n) is 17.6. The third kappa shape index (κ3) is 4.36. The number of rotatable bonds is 7. The first kappa shape index (κ1) is 21.6. The van der Waals surface area contributed by atoms with Crippen LogP contribution in [0.3, 0.4) is 0 Å². The van der Waals surface area contributed by atoms with Gasteiger partial charge in [-0.25, -0.2) is 0 Å². The Bertz CT molecular complexity index is 896. The predicted octanol–water partition coefficient (Wildman–Crippen LogP) is 6.57. The summed E-state index contributed by atoms with van der Waals surface area (Å²) in [5.41, 5.74) is 2.38. The second-order valence-corrected chi connectivity index (χ2v) is 9.62. The highest BCUT2D eigenvalue weighted by Gasteiger charge is 2.37. The molecule has 2 aliphatic rings. The summed E-state index contributed by atoms with van der Waals surface area (Å²) in [6.45, 7) is 0.908. The SMILES string of the molecule is O=C1c2cccc3c(NCCCCCI)ccc(c23)C(=O)N1C1CCCCCCC1. The molecule has 0 saturated heterocycles. The van der Waals surface area contributed by atoms with Crippen molar-refractivity contribution in [1.82, 2.24) is 4.90 Å². The van der Waals surface area contributed by atoms with Crippen molar-refractivity contribution in [1.29, 1.82) is 0 Å². The highest BCUT2D eigenvalue weighted by molar-refractivity contribution is 14.1. The Morgan fingerprint density at radius 1 is 0.867 bits per heavy atom. The standard InChI is InChI=1S/C25H31IN2O2/c26-16-7-4-8-17-27-22-15-14-21-23-19(22)12-9-13-20(23)24(29)28(25(21)30)18-10-5-2-1-3-6-11-18/h9,12-15,18,27H,1-8,10-11,16-17H2. The van der Waals surface area contributed by atoms with Gasteiger partial charge in [-0.3, -0.25) is 14.5 Å². The quantitative estimate of drug-likeness (QED) is 0.195. The Balaban J connectivity index is 1.63. The van der Waals surface area contributed by atoms with Crippen LogP contribution < -0.4 is 5.32 Å². The molecule has 1 fully saturated rings. The molecule has 0 bridgehead atoms. The van der Waals surface area contributed by atoms with Gasteiger partial charge in [0.05, 0.1) is 0 Å². The summed E-state index contributed by atoms with van der Waals surface area (Å²) < 4.78 is 1.19. The molecule has 4 rings (SSSR count). The van der Waals surface area contributed by atoms with Crippen LogP contribution in [-0.2, 0) is 0 Å². The lowest BCUT2D eigenvalue weighted by molar-refractivity contribution is 0.0513. The van der Waals surface area contributed by atoms with Crippen molar-refractivity contribution in [3.63, 3.8) is 0 Å². The van der Waals surface area contributed by atoms with Crippen molar-refractivity contribution in [2.45, 2.75) is 70.3 Å². The predicted molar refractivity (Wildman–Crippen MR) is 132 cm³/mol. The lowest BCUT2D eigenvalue weighted by atomic mass is 9.89. The topological polar surface area (TPSA) is 49.4 Å². The van der Waals surface area contributed by atoms with Crippen molar-refractivity contribution < 1.29 is 9.59 Å². The average Bonchev–Trinajstić information content (AvgIpc) is 2.73. The summed E-state index contributed by atoms with van der Waals surface area (Å²) >= 11 is 2.42. The Morgan fingerprint density at radius 2 is 1.57 bits per heavy atom. The number of carbonyl (C=O) groups is 2. The number of imide groups is 1. The van der Waals surface area contributed by atoms with Crippen molar-refractivity contribution in [3.05, 3.63) is 41.5 Å². The van der Waals surface area contributed by atoms with E-state index in [1.54, 1.807) is 4.90 Å². The second kappa shape index (κ2) is 10.1. The molecule has 5 heteroatoms. The lowest BCUT2D eigenvalue weighted by Crippen LogP contribution is -2.47. The van der Waals surface area contributed by atoms with Crippen molar-refractivity contribution >= 4 is 50.9 Å². The molecule has 1 N–H and O–H groups in total. The smallest absolute Gasteiger partial charge is 0.261 e. The van der Waals surface area contributed by atoms with Crippen LogP contribution in [0, 0.1) is 0 Å². The van der Waals surface area contributed by atoms with Gasteiger partial charge in [-0.2, -0.15) is 0 Å². The van der Waals surface area contributed by atoms with E-state index in [1.807, 2.05) is 30.3 Å². The molecule has 2 aromatic rings. The van der Waals surface area contributed by atoms with Crippen molar-refractivity contribution in [2.75, 3.05) is 16.3 Å². The molecule has 0 aromatic heterocycles. The molecule has 2 aromatic carbocycles. The second-order valence-electron chi connectivity index (χ2n) is 8.54. The molecular formula is C25H31IN2O2. The van der Waals surface area contributed by atoms with E-state index >= 15 is 0 Å². The molecular weight excluding hydrogens is 487 g/mol. The molecule has 1 aliphatic heterocycles. The molecule has 0 radical (unpaired) electrons. The van der Waals surface area contributed by atoms with Crippen LogP contribution in [0.4, 0.5) is 5.69 Å². The van der Waals surface area contributed by atoms with Gasteiger partial charge in [-0.1, -0.05) is 73.2 Å². The number of carbonyl (C=O) groups excluding carboxylic acids is 2. The van der Waals surface area contributed by atoms with Gasteiger partial charge in [-0.05, 0) is 48.3 Å². The lowest BCUT2D eigenvalue weighted by Gasteiger charge is -2.35. The number of benzene rings is 2. The number of unbranched alkanes of at least 4 members (excludes halogenated alkanes) is 2. The number of amides is 2. The summed E-state index contributed by atoms with van der Waals surface area (Å²) in [4.78, 5) is 28.5. The fourth-order valence-corrected chi connectivity index (χ4v) is 5.45. The normalized spacial score (nSPS) is 17.8. The van der Waals surface area contributed by atoms with E-state index in [0.29, 0.717) is 11.1 Å². The maximum absolute atomic E-state index is 13.4. The van der Waals surface area contributed by atoms with E-state index in [9.17, 15) is 9.59 Å². The van der Waals surface area contributed by atoms with Crippen molar-refractivity contribution in [3.8, 4) is 0 Å². The minimum atomic E-state index is -0.108. The summed E-state index contributed by atoms with van der Waals surface area (Å²) in [5.74, 6) is -0.217. The van der Waals surface area contributed by atoms with Crippen LogP contribution in [0.15, 0.2) is 30.3 Å². The van der Waals surface area contributed by atoms with E-state index in [-0.39, 0.29) is 17.9 Å². The first-order valence-electron chi connectivity index (χ1n) is 11.5. The van der Waals surface area contributed by atoms with Crippen LogP contribution in [0.25, 0.3) is 10.8 Å². The minimum Gasteiger partial charge on any atom is -0.385 e. The fourth-order valence-electron chi connectivity index (χ4n) is 4.91.